The van der Waals surface area contributed by atoms with Gasteiger partial charge in [0.05, 0.1) is 10.6 Å². The molecule has 0 unspecified atom stereocenters. The summed E-state index contributed by atoms with van der Waals surface area (Å²) >= 11 is 6.05. The molecule has 0 fully saturated rings. The van der Waals surface area contributed by atoms with Gasteiger partial charge >= 0.3 is 0 Å². The van der Waals surface area contributed by atoms with E-state index < -0.39 is 0 Å². The standard InChI is InChI=1S/C15H17ClN4O/c1-2-5-18-14-8-12(13(16)10-19-14)15(21)20-9-11-3-6-17-7-4-11/h3-4,6-8,10H,2,5,9H2,1H3,(H,18,19)(H,20,21). The second-order valence-electron chi connectivity index (χ2n) is 4.51. The lowest BCUT2D eigenvalue weighted by Gasteiger charge is -2.09. The second kappa shape index (κ2) is 7.59. The first-order chi connectivity index (χ1) is 10.2. The lowest BCUT2D eigenvalue weighted by Crippen LogP contribution is -2.23. The molecule has 2 aromatic heterocycles. The highest BCUT2D eigenvalue weighted by Gasteiger charge is 2.11. The van der Waals surface area contributed by atoms with Crippen molar-refractivity contribution in [1.82, 2.24) is 15.3 Å². The Morgan fingerprint density at radius 2 is 2.10 bits per heavy atom. The van der Waals surface area contributed by atoms with Crippen LogP contribution in [-0.2, 0) is 6.54 Å². The molecule has 0 bridgehead atoms. The molecule has 2 aromatic rings. The average Bonchev–Trinajstić information content (AvgIpc) is 2.53. The number of nitrogens with one attached hydrogen (secondary N) is 2. The smallest absolute Gasteiger partial charge is 0.253 e. The van der Waals surface area contributed by atoms with E-state index in [0.717, 1.165) is 18.5 Å². The monoisotopic (exact) mass is 304 g/mol. The number of hydrogen-bond acceptors (Lipinski definition) is 4. The topological polar surface area (TPSA) is 66.9 Å². The predicted octanol–water partition coefficient (Wildman–Crippen LogP) is 2.88. The molecule has 21 heavy (non-hydrogen) atoms. The van der Waals surface area contributed by atoms with E-state index in [1.165, 1.54) is 6.20 Å². The van der Waals surface area contributed by atoms with Crippen LogP contribution in [-0.4, -0.2) is 22.4 Å². The van der Waals surface area contributed by atoms with Crippen molar-refractivity contribution in [2.24, 2.45) is 0 Å². The summed E-state index contributed by atoms with van der Waals surface area (Å²) in [6, 6.07) is 5.37. The van der Waals surface area contributed by atoms with E-state index >= 15 is 0 Å². The maximum Gasteiger partial charge on any atom is 0.253 e. The minimum absolute atomic E-state index is 0.223. The number of carbonyl (C=O) groups excluding carboxylic acids is 1. The second-order valence-corrected chi connectivity index (χ2v) is 4.92. The van der Waals surface area contributed by atoms with Crippen LogP contribution in [0, 0.1) is 0 Å². The van der Waals surface area contributed by atoms with Crippen LogP contribution in [0.2, 0.25) is 5.02 Å². The van der Waals surface area contributed by atoms with Crippen molar-refractivity contribution in [2.45, 2.75) is 19.9 Å². The number of amides is 1. The predicted molar refractivity (Wildman–Crippen MR) is 83.4 cm³/mol. The molecule has 0 spiro atoms. The van der Waals surface area contributed by atoms with Gasteiger partial charge in [0.25, 0.3) is 5.91 Å². The zero-order valence-electron chi connectivity index (χ0n) is 11.8. The van der Waals surface area contributed by atoms with E-state index in [0.29, 0.717) is 22.9 Å². The first-order valence-corrected chi connectivity index (χ1v) is 7.15. The first-order valence-electron chi connectivity index (χ1n) is 6.77. The molecule has 0 aliphatic rings. The molecule has 0 aliphatic heterocycles. The number of halogens is 1. The Morgan fingerprint density at radius 3 is 2.81 bits per heavy atom. The molecule has 110 valence electrons. The number of rotatable bonds is 6. The molecule has 5 nitrogen and oxygen atoms in total. The third-order valence-electron chi connectivity index (χ3n) is 2.86. The number of aromatic nitrogens is 2. The molecule has 1 amide bonds. The number of carbonyl (C=O) groups is 1. The van der Waals surface area contributed by atoms with Crippen molar-refractivity contribution in [1.29, 1.82) is 0 Å². The molecular formula is C15H17ClN4O. The van der Waals surface area contributed by atoms with Crippen molar-refractivity contribution in [3.8, 4) is 0 Å². The van der Waals surface area contributed by atoms with Crippen molar-refractivity contribution >= 4 is 23.3 Å². The van der Waals surface area contributed by atoms with Gasteiger partial charge in [-0.3, -0.25) is 9.78 Å². The van der Waals surface area contributed by atoms with Crippen molar-refractivity contribution in [3.63, 3.8) is 0 Å². The molecule has 2 heterocycles. The van der Waals surface area contributed by atoms with E-state index in [1.807, 2.05) is 12.1 Å². The summed E-state index contributed by atoms with van der Waals surface area (Å²) in [5.74, 6) is 0.425. The van der Waals surface area contributed by atoms with Crippen LogP contribution >= 0.6 is 11.6 Å². The Hall–Kier alpha value is -2.14. The molecule has 0 saturated carbocycles. The summed E-state index contributed by atoms with van der Waals surface area (Å²) in [5.41, 5.74) is 1.40. The normalized spacial score (nSPS) is 10.2. The highest BCUT2D eigenvalue weighted by atomic mass is 35.5. The zero-order valence-corrected chi connectivity index (χ0v) is 12.5. The van der Waals surface area contributed by atoms with Gasteiger partial charge in [-0.1, -0.05) is 18.5 Å². The van der Waals surface area contributed by atoms with Gasteiger partial charge in [0.2, 0.25) is 0 Å². The van der Waals surface area contributed by atoms with E-state index in [2.05, 4.69) is 27.5 Å². The highest BCUT2D eigenvalue weighted by molar-refractivity contribution is 6.33. The lowest BCUT2D eigenvalue weighted by atomic mass is 10.2. The van der Waals surface area contributed by atoms with Crippen molar-refractivity contribution in [2.75, 3.05) is 11.9 Å². The lowest BCUT2D eigenvalue weighted by molar-refractivity contribution is 0.0951. The Morgan fingerprint density at radius 1 is 1.33 bits per heavy atom. The maximum absolute atomic E-state index is 12.2. The molecule has 6 heteroatoms. The van der Waals surface area contributed by atoms with Crippen LogP contribution in [0.1, 0.15) is 29.3 Å². The largest absolute Gasteiger partial charge is 0.370 e. The van der Waals surface area contributed by atoms with E-state index in [9.17, 15) is 4.79 Å². The van der Waals surface area contributed by atoms with Crippen LogP contribution in [0.4, 0.5) is 5.82 Å². The van der Waals surface area contributed by atoms with Crippen LogP contribution in [0.25, 0.3) is 0 Å². The van der Waals surface area contributed by atoms with Gasteiger partial charge < -0.3 is 10.6 Å². The molecule has 0 aromatic carbocycles. The summed E-state index contributed by atoms with van der Waals surface area (Å²) in [6.45, 7) is 3.29. The molecular weight excluding hydrogens is 288 g/mol. The van der Waals surface area contributed by atoms with E-state index in [4.69, 9.17) is 11.6 Å². The molecule has 0 radical (unpaired) electrons. The van der Waals surface area contributed by atoms with Crippen molar-refractivity contribution < 1.29 is 4.79 Å². The Balaban J connectivity index is 2.04. The number of anilines is 1. The molecule has 0 saturated heterocycles. The minimum atomic E-state index is -0.223. The zero-order chi connectivity index (χ0) is 15.1. The third-order valence-corrected chi connectivity index (χ3v) is 3.16. The minimum Gasteiger partial charge on any atom is -0.370 e. The quantitative estimate of drug-likeness (QED) is 0.861. The van der Waals surface area contributed by atoms with E-state index in [1.54, 1.807) is 18.5 Å². The van der Waals surface area contributed by atoms with Gasteiger partial charge in [-0.15, -0.1) is 0 Å². The van der Waals surface area contributed by atoms with Gasteiger partial charge in [-0.05, 0) is 30.2 Å². The fourth-order valence-corrected chi connectivity index (χ4v) is 1.93. The van der Waals surface area contributed by atoms with Gasteiger partial charge in [0, 0.05) is 31.7 Å². The fourth-order valence-electron chi connectivity index (χ4n) is 1.74. The third kappa shape index (κ3) is 4.43. The maximum atomic E-state index is 12.2. The molecule has 2 rings (SSSR count). The average molecular weight is 305 g/mol. The van der Waals surface area contributed by atoms with Crippen LogP contribution in [0.15, 0.2) is 36.8 Å². The van der Waals surface area contributed by atoms with Gasteiger partial charge in [0.1, 0.15) is 5.82 Å². The van der Waals surface area contributed by atoms with Crippen LogP contribution in [0.5, 0.6) is 0 Å². The summed E-state index contributed by atoms with van der Waals surface area (Å²) < 4.78 is 0. The number of hydrogen-bond donors (Lipinski definition) is 2. The van der Waals surface area contributed by atoms with Crippen LogP contribution in [0.3, 0.4) is 0 Å². The van der Waals surface area contributed by atoms with Gasteiger partial charge in [-0.25, -0.2) is 4.98 Å². The first kappa shape index (κ1) is 15.3. The Bertz CT molecular complexity index is 604. The van der Waals surface area contributed by atoms with Gasteiger partial charge in [0.15, 0.2) is 0 Å². The molecule has 0 atom stereocenters. The summed E-state index contributed by atoms with van der Waals surface area (Å²) in [7, 11) is 0. The van der Waals surface area contributed by atoms with Gasteiger partial charge in [-0.2, -0.15) is 0 Å². The summed E-state index contributed by atoms with van der Waals surface area (Å²) in [5, 5.41) is 6.30. The SMILES string of the molecule is CCCNc1cc(C(=O)NCc2ccncc2)c(Cl)cn1. The van der Waals surface area contributed by atoms with E-state index in [-0.39, 0.29) is 5.91 Å². The summed E-state index contributed by atoms with van der Waals surface area (Å²) in [4.78, 5) is 20.3. The van der Waals surface area contributed by atoms with Crippen LogP contribution < -0.4 is 10.6 Å². The van der Waals surface area contributed by atoms with Crippen molar-refractivity contribution in [3.05, 3.63) is 52.9 Å². The molecule has 2 N–H and O–H groups in total. The number of nitrogens with zero attached hydrogens (tertiary/aromatic N) is 2. The Labute approximate surface area is 128 Å². The fraction of sp³-hybridized carbons (Fsp3) is 0.267. The highest BCUT2D eigenvalue weighted by Crippen LogP contribution is 2.18. The molecule has 0 aliphatic carbocycles. The number of pyridine rings is 2. The Kier molecular flexibility index (Phi) is 5.51. The summed E-state index contributed by atoms with van der Waals surface area (Å²) in [6.07, 6.45) is 5.84.